The number of hydrogen-bond acceptors (Lipinski definition) is 1. The third kappa shape index (κ3) is 4.47. The summed E-state index contributed by atoms with van der Waals surface area (Å²) in [5.74, 6) is 1.19. The van der Waals surface area contributed by atoms with Crippen molar-refractivity contribution in [1.29, 1.82) is 0 Å². The zero-order valence-electron chi connectivity index (χ0n) is 11.3. The van der Waals surface area contributed by atoms with Crippen molar-refractivity contribution in [2.24, 2.45) is 11.8 Å². The first-order chi connectivity index (χ1) is 8.04. The van der Waals surface area contributed by atoms with Gasteiger partial charge in [-0.3, -0.25) is 0 Å². The summed E-state index contributed by atoms with van der Waals surface area (Å²) in [6.07, 6.45) is 2.17. The maximum atomic E-state index is 13.7. The van der Waals surface area contributed by atoms with E-state index in [0.717, 1.165) is 12.0 Å². The lowest BCUT2D eigenvalue weighted by Crippen LogP contribution is -2.20. The monoisotopic (exact) mass is 237 g/mol. The molecule has 1 aromatic carbocycles. The average molecular weight is 237 g/mol. The molecule has 2 heteroatoms. The molecule has 0 spiro atoms. The summed E-state index contributed by atoms with van der Waals surface area (Å²) in [5, 5.41) is 3.22. The molecule has 2 unspecified atom stereocenters. The quantitative estimate of drug-likeness (QED) is 0.783. The maximum Gasteiger partial charge on any atom is 0.127 e. The number of benzene rings is 1. The van der Waals surface area contributed by atoms with Crippen LogP contribution in [-0.2, 0) is 0 Å². The van der Waals surface area contributed by atoms with E-state index >= 15 is 0 Å². The fourth-order valence-corrected chi connectivity index (χ4v) is 2.46. The van der Waals surface area contributed by atoms with Crippen molar-refractivity contribution in [1.82, 2.24) is 5.32 Å². The zero-order valence-corrected chi connectivity index (χ0v) is 11.3. The van der Waals surface area contributed by atoms with E-state index < -0.39 is 0 Å². The van der Waals surface area contributed by atoms with Crippen molar-refractivity contribution in [2.75, 3.05) is 7.05 Å². The normalized spacial score (nSPS) is 14.9. The molecule has 0 fully saturated rings. The van der Waals surface area contributed by atoms with Crippen LogP contribution in [0.2, 0.25) is 0 Å². The Labute approximate surface area is 104 Å². The third-order valence-corrected chi connectivity index (χ3v) is 3.14. The fraction of sp³-hybridized carbons (Fsp3) is 0.600. The largest absolute Gasteiger partial charge is 0.313 e. The van der Waals surface area contributed by atoms with Gasteiger partial charge in [0.15, 0.2) is 0 Å². The molecule has 0 saturated heterocycles. The van der Waals surface area contributed by atoms with E-state index in [4.69, 9.17) is 0 Å². The van der Waals surface area contributed by atoms with Gasteiger partial charge < -0.3 is 5.32 Å². The highest BCUT2D eigenvalue weighted by atomic mass is 19.1. The molecule has 0 bridgehead atoms. The van der Waals surface area contributed by atoms with Crippen LogP contribution in [0.1, 0.15) is 45.2 Å². The number of hydrogen-bond donors (Lipinski definition) is 1. The van der Waals surface area contributed by atoms with Gasteiger partial charge in [-0.1, -0.05) is 39.0 Å². The molecule has 0 amide bonds. The summed E-state index contributed by atoms with van der Waals surface area (Å²) in [7, 11) is 1.90. The van der Waals surface area contributed by atoms with Crippen LogP contribution in [0, 0.1) is 17.7 Å². The molecule has 0 radical (unpaired) electrons. The van der Waals surface area contributed by atoms with Gasteiger partial charge in [0.25, 0.3) is 0 Å². The topological polar surface area (TPSA) is 12.0 Å². The van der Waals surface area contributed by atoms with Crippen molar-refractivity contribution in [3.8, 4) is 0 Å². The van der Waals surface area contributed by atoms with Crippen molar-refractivity contribution < 1.29 is 4.39 Å². The van der Waals surface area contributed by atoms with Gasteiger partial charge in [0.05, 0.1) is 0 Å². The lowest BCUT2D eigenvalue weighted by atomic mass is 9.90. The van der Waals surface area contributed by atoms with Gasteiger partial charge in [0.1, 0.15) is 5.82 Å². The fourth-order valence-electron chi connectivity index (χ4n) is 2.46. The summed E-state index contributed by atoms with van der Waals surface area (Å²) >= 11 is 0. The first-order valence-corrected chi connectivity index (χ1v) is 6.46. The molecule has 0 aromatic heterocycles. The lowest BCUT2D eigenvalue weighted by molar-refractivity contribution is 0.361. The summed E-state index contributed by atoms with van der Waals surface area (Å²) in [5.41, 5.74) is 0.783. The molecule has 0 aliphatic heterocycles. The minimum atomic E-state index is -0.108. The van der Waals surface area contributed by atoms with Crippen LogP contribution >= 0.6 is 0 Å². The Bertz CT molecular complexity index is 335. The molecule has 0 heterocycles. The summed E-state index contributed by atoms with van der Waals surface area (Å²) < 4.78 is 13.7. The summed E-state index contributed by atoms with van der Waals surface area (Å²) in [6, 6.07) is 7.16. The van der Waals surface area contributed by atoms with Crippen LogP contribution in [0.15, 0.2) is 24.3 Å². The van der Waals surface area contributed by atoms with Gasteiger partial charge >= 0.3 is 0 Å². The van der Waals surface area contributed by atoms with E-state index in [1.807, 2.05) is 19.2 Å². The van der Waals surface area contributed by atoms with Crippen LogP contribution in [0.4, 0.5) is 4.39 Å². The highest BCUT2D eigenvalue weighted by Gasteiger charge is 2.17. The predicted molar refractivity (Wildman–Crippen MR) is 71.4 cm³/mol. The van der Waals surface area contributed by atoms with E-state index in [0.29, 0.717) is 11.8 Å². The lowest BCUT2D eigenvalue weighted by Gasteiger charge is -2.22. The van der Waals surface area contributed by atoms with Gasteiger partial charge in [-0.25, -0.2) is 4.39 Å². The summed E-state index contributed by atoms with van der Waals surface area (Å²) in [4.78, 5) is 0. The first kappa shape index (κ1) is 14.2. The van der Waals surface area contributed by atoms with Crippen LogP contribution in [-0.4, -0.2) is 7.05 Å². The molecule has 1 N–H and O–H groups in total. The van der Waals surface area contributed by atoms with Crippen molar-refractivity contribution in [3.63, 3.8) is 0 Å². The van der Waals surface area contributed by atoms with Gasteiger partial charge in [-0.2, -0.15) is 0 Å². The van der Waals surface area contributed by atoms with Gasteiger partial charge in [-0.15, -0.1) is 0 Å². The Morgan fingerprint density at radius 1 is 1.12 bits per heavy atom. The first-order valence-electron chi connectivity index (χ1n) is 6.46. The second kappa shape index (κ2) is 6.75. The van der Waals surface area contributed by atoms with E-state index in [2.05, 4.69) is 26.1 Å². The number of halogens is 1. The van der Waals surface area contributed by atoms with Crippen molar-refractivity contribution >= 4 is 0 Å². The van der Waals surface area contributed by atoms with E-state index in [1.165, 1.54) is 12.5 Å². The van der Waals surface area contributed by atoms with Gasteiger partial charge in [0, 0.05) is 11.6 Å². The Morgan fingerprint density at radius 2 is 1.76 bits per heavy atom. The van der Waals surface area contributed by atoms with Gasteiger partial charge in [0.2, 0.25) is 0 Å². The molecular weight excluding hydrogens is 213 g/mol. The molecule has 0 aliphatic rings. The molecule has 0 saturated carbocycles. The molecule has 96 valence electrons. The van der Waals surface area contributed by atoms with Crippen LogP contribution in [0.5, 0.6) is 0 Å². The van der Waals surface area contributed by atoms with E-state index in [-0.39, 0.29) is 11.9 Å². The maximum absolute atomic E-state index is 13.7. The summed E-state index contributed by atoms with van der Waals surface area (Å²) in [6.45, 7) is 6.70. The standard InChI is InChI=1S/C15H24FN/c1-11(2)9-12(3)10-15(17-4)13-7-5-6-8-14(13)16/h5-8,11-12,15,17H,9-10H2,1-4H3. The molecule has 17 heavy (non-hydrogen) atoms. The Kier molecular flexibility index (Phi) is 5.63. The highest BCUT2D eigenvalue weighted by molar-refractivity contribution is 5.21. The Morgan fingerprint density at radius 3 is 2.29 bits per heavy atom. The average Bonchev–Trinajstić information content (AvgIpc) is 2.26. The highest BCUT2D eigenvalue weighted by Crippen LogP contribution is 2.26. The van der Waals surface area contributed by atoms with Gasteiger partial charge in [-0.05, 0) is 37.8 Å². The molecular formula is C15H24FN. The van der Waals surface area contributed by atoms with E-state index in [9.17, 15) is 4.39 Å². The molecule has 1 nitrogen and oxygen atoms in total. The minimum Gasteiger partial charge on any atom is -0.313 e. The van der Waals surface area contributed by atoms with Crippen LogP contribution in [0.3, 0.4) is 0 Å². The molecule has 1 rings (SSSR count). The van der Waals surface area contributed by atoms with E-state index in [1.54, 1.807) is 6.07 Å². The minimum absolute atomic E-state index is 0.108. The van der Waals surface area contributed by atoms with Crippen molar-refractivity contribution in [2.45, 2.75) is 39.7 Å². The Balaban J connectivity index is 2.69. The second-order valence-corrected chi connectivity index (χ2v) is 5.33. The number of nitrogens with one attached hydrogen (secondary N) is 1. The SMILES string of the molecule is CNC(CC(C)CC(C)C)c1ccccc1F. The van der Waals surface area contributed by atoms with Crippen molar-refractivity contribution in [3.05, 3.63) is 35.6 Å². The number of rotatable bonds is 6. The second-order valence-electron chi connectivity index (χ2n) is 5.33. The molecule has 0 aliphatic carbocycles. The van der Waals surface area contributed by atoms with Crippen LogP contribution in [0.25, 0.3) is 0 Å². The third-order valence-electron chi connectivity index (χ3n) is 3.14. The van der Waals surface area contributed by atoms with Crippen LogP contribution < -0.4 is 5.32 Å². The zero-order chi connectivity index (χ0) is 12.8. The molecule has 2 atom stereocenters. The predicted octanol–water partition coefficient (Wildman–Crippen LogP) is 4.16. The smallest absolute Gasteiger partial charge is 0.127 e. The Hall–Kier alpha value is -0.890. The molecule has 1 aromatic rings.